The zero-order chi connectivity index (χ0) is 11.4. The van der Waals surface area contributed by atoms with Gasteiger partial charge in [0.15, 0.2) is 0 Å². The Hall–Kier alpha value is -1.36. The summed E-state index contributed by atoms with van der Waals surface area (Å²) in [5.41, 5.74) is 0. The van der Waals surface area contributed by atoms with Crippen LogP contribution in [0.3, 0.4) is 0 Å². The molecule has 0 aliphatic carbocycles. The molecule has 0 atom stereocenters. The minimum Gasteiger partial charge on any atom is -0.508 e. The van der Waals surface area contributed by atoms with Gasteiger partial charge in [-0.25, -0.2) is 4.79 Å². The van der Waals surface area contributed by atoms with E-state index in [4.69, 9.17) is 5.11 Å². The normalized spacial score (nSPS) is 15.2. The fourth-order valence-corrected chi connectivity index (χ4v) is 2.42. The average molecular weight is 238 g/mol. The van der Waals surface area contributed by atoms with Crippen LogP contribution in [-0.4, -0.2) is 41.4 Å². The predicted molar refractivity (Wildman–Crippen MR) is 63.8 cm³/mol. The van der Waals surface area contributed by atoms with Gasteiger partial charge < -0.3 is 15.3 Å². The predicted octanol–water partition coefficient (Wildman–Crippen LogP) is 1.51. The van der Waals surface area contributed by atoms with Gasteiger partial charge in [0.05, 0.1) is 0 Å². The molecule has 1 aromatic rings. The summed E-state index contributed by atoms with van der Waals surface area (Å²) in [5, 5.41) is 11.9. The number of amides is 2. The van der Waals surface area contributed by atoms with Crippen molar-refractivity contribution in [2.75, 3.05) is 25.4 Å². The molecule has 1 aliphatic heterocycles. The van der Waals surface area contributed by atoms with Gasteiger partial charge in [0.25, 0.3) is 0 Å². The second kappa shape index (κ2) is 5.12. The third kappa shape index (κ3) is 2.82. The number of hydrogen-bond donors (Lipinski definition) is 2. The number of phenols is 1. The number of benzene rings is 1. The highest BCUT2D eigenvalue weighted by Crippen LogP contribution is 2.20. The highest BCUT2D eigenvalue weighted by atomic mass is 32.2. The van der Waals surface area contributed by atoms with Crippen LogP contribution in [0.1, 0.15) is 0 Å². The summed E-state index contributed by atoms with van der Waals surface area (Å²) in [4.78, 5) is 14.2. The zero-order valence-electron chi connectivity index (χ0n) is 8.85. The van der Waals surface area contributed by atoms with E-state index in [9.17, 15) is 4.79 Å². The number of rotatable bonds is 4. The number of thioether (sulfide) groups is 1. The van der Waals surface area contributed by atoms with Crippen LogP contribution in [0.15, 0.2) is 29.2 Å². The number of urea groups is 1. The SMILES string of the molecule is O=C1NCCN1CCSc1ccc(O)cc1. The third-order valence-electron chi connectivity index (χ3n) is 2.41. The lowest BCUT2D eigenvalue weighted by molar-refractivity contribution is 0.220. The molecule has 1 aliphatic rings. The molecule has 0 spiro atoms. The first-order chi connectivity index (χ1) is 7.75. The fourth-order valence-electron chi connectivity index (χ4n) is 1.54. The molecule has 0 bridgehead atoms. The number of carbonyl (C=O) groups is 1. The summed E-state index contributed by atoms with van der Waals surface area (Å²) >= 11 is 1.69. The van der Waals surface area contributed by atoms with E-state index in [1.165, 1.54) is 0 Å². The van der Waals surface area contributed by atoms with Crippen LogP contribution in [0.4, 0.5) is 4.79 Å². The molecule has 2 amide bonds. The Morgan fingerprint density at radius 3 is 2.75 bits per heavy atom. The minimum absolute atomic E-state index is 0.0336. The monoisotopic (exact) mass is 238 g/mol. The van der Waals surface area contributed by atoms with E-state index in [0.717, 1.165) is 30.3 Å². The zero-order valence-corrected chi connectivity index (χ0v) is 9.67. The number of aromatic hydroxyl groups is 1. The van der Waals surface area contributed by atoms with Gasteiger partial charge in [-0.3, -0.25) is 0 Å². The van der Waals surface area contributed by atoms with Crippen LogP contribution in [0.2, 0.25) is 0 Å². The molecule has 5 heteroatoms. The smallest absolute Gasteiger partial charge is 0.317 e. The summed E-state index contributed by atoms with van der Waals surface area (Å²) in [6.45, 7) is 2.31. The van der Waals surface area contributed by atoms with Gasteiger partial charge in [-0.2, -0.15) is 0 Å². The third-order valence-corrected chi connectivity index (χ3v) is 3.40. The van der Waals surface area contributed by atoms with E-state index < -0.39 is 0 Å². The molecule has 0 saturated carbocycles. The molecular weight excluding hydrogens is 224 g/mol. The van der Waals surface area contributed by atoms with Crippen molar-refractivity contribution in [2.24, 2.45) is 0 Å². The molecule has 4 nitrogen and oxygen atoms in total. The van der Waals surface area contributed by atoms with Crippen molar-refractivity contribution < 1.29 is 9.90 Å². The van der Waals surface area contributed by atoms with Crippen molar-refractivity contribution in [1.29, 1.82) is 0 Å². The Labute approximate surface area is 98.6 Å². The van der Waals surface area contributed by atoms with Crippen molar-refractivity contribution in [3.63, 3.8) is 0 Å². The molecule has 0 radical (unpaired) electrons. The van der Waals surface area contributed by atoms with E-state index in [-0.39, 0.29) is 11.8 Å². The van der Waals surface area contributed by atoms with Crippen molar-refractivity contribution in [1.82, 2.24) is 10.2 Å². The molecule has 2 rings (SSSR count). The molecular formula is C11H14N2O2S. The second-order valence-corrected chi connectivity index (χ2v) is 4.73. The summed E-state index contributed by atoms with van der Waals surface area (Å²) in [6.07, 6.45) is 0. The maximum atomic E-state index is 11.2. The van der Waals surface area contributed by atoms with E-state index >= 15 is 0 Å². The van der Waals surface area contributed by atoms with E-state index in [1.54, 1.807) is 23.9 Å². The molecule has 0 aromatic heterocycles. The van der Waals surface area contributed by atoms with Crippen molar-refractivity contribution in [2.45, 2.75) is 4.90 Å². The maximum absolute atomic E-state index is 11.2. The van der Waals surface area contributed by atoms with Crippen molar-refractivity contribution in [3.05, 3.63) is 24.3 Å². The van der Waals surface area contributed by atoms with Crippen LogP contribution in [0.25, 0.3) is 0 Å². The number of nitrogens with one attached hydrogen (secondary N) is 1. The lowest BCUT2D eigenvalue weighted by Gasteiger charge is -2.13. The molecule has 1 fully saturated rings. The van der Waals surface area contributed by atoms with Gasteiger partial charge in [0.1, 0.15) is 5.75 Å². The van der Waals surface area contributed by atoms with E-state index in [0.29, 0.717) is 0 Å². The summed E-state index contributed by atoms with van der Waals surface area (Å²) in [5.74, 6) is 1.15. The number of phenolic OH excluding ortho intramolecular Hbond substituents is 1. The first-order valence-corrected chi connectivity index (χ1v) is 6.19. The topological polar surface area (TPSA) is 52.6 Å². The van der Waals surface area contributed by atoms with Gasteiger partial charge in [-0.1, -0.05) is 0 Å². The number of hydrogen-bond acceptors (Lipinski definition) is 3. The summed E-state index contributed by atoms with van der Waals surface area (Å²) < 4.78 is 0. The average Bonchev–Trinajstić information content (AvgIpc) is 2.68. The number of carbonyl (C=O) groups excluding carboxylic acids is 1. The van der Waals surface area contributed by atoms with Gasteiger partial charge >= 0.3 is 6.03 Å². The molecule has 1 aromatic carbocycles. The lowest BCUT2D eigenvalue weighted by Crippen LogP contribution is -2.30. The van der Waals surface area contributed by atoms with Crippen LogP contribution in [0.5, 0.6) is 5.75 Å². The van der Waals surface area contributed by atoms with Crippen molar-refractivity contribution >= 4 is 17.8 Å². The first kappa shape index (κ1) is 11.1. The minimum atomic E-state index is 0.0336. The Morgan fingerprint density at radius 1 is 1.38 bits per heavy atom. The molecule has 1 saturated heterocycles. The van der Waals surface area contributed by atoms with E-state index in [2.05, 4.69) is 5.32 Å². The van der Waals surface area contributed by atoms with Crippen LogP contribution in [0, 0.1) is 0 Å². The summed E-state index contributed by atoms with van der Waals surface area (Å²) in [6, 6.07) is 7.13. The largest absolute Gasteiger partial charge is 0.508 e. The Morgan fingerprint density at radius 2 is 2.12 bits per heavy atom. The standard InChI is InChI=1S/C11H14N2O2S/c14-9-1-3-10(4-2-9)16-8-7-13-6-5-12-11(13)15/h1-4,14H,5-8H2,(H,12,15). The van der Waals surface area contributed by atoms with Gasteiger partial charge in [-0.05, 0) is 24.3 Å². The first-order valence-electron chi connectivity index (χ1n) is 5.20. The Kier molecular flexibility index (Phi) is 3.56. The Balaban J connectivity index is 1.75. The fraction of sp³-hybridized carbons (Fsp3) is 0.364. The van der Waals surface area contributed by atoms with Gasteiger partial charge in [0, 0.05) is 30.3 Å². The highest BCUT2D eigenvalue weighted by Gasteiger charge is 2.18. The Bertz CT molecular complexity index is 367. The molecule has 86 valence electrons. The van der Waals surface area contributed by atoms with Gasteiger partial charge in [0.2, 0.25) is 0 Å². The number of nitrogens with zero attached hydrogens (tertiary/aromatic N) is 1. The van der Waals surface area contributed by atoms with Crippen LogP contribution in [-0.2, 0) is 0 Å². The van der Waals surface area contributed by atoms with Crippen molar-refractivity contribution in [3.8, 4) is 5.75 Å². The quantitative estimate of drug-likeness (QED) is 0.782. The molecule has 0 unspecified atom stereocenters. The lowest BCUT2D eigenvalue weighted by atomic mass is 10.3. The summed E-state index contributed by atoms with van der Waals surface area (Å²) in [7, 11) is 0. The highest BCUT2D eigenvalue weighted by molar-refractivity contribution is 7.99. The molecule has 2 N–H and O–H groups in total. The van der Waals surface area contributed by atoms with Crippen LogP contribution < -0.4 is 5.32 Å². The van der Waals surface area contributed by atoms with Crippen LogP contribution >= 0.6 is 11.8 Å². The maximum Gasteiger partial charge on any atom is 0.317 e. The second-order valence-electron chi connectivity index (χ2n) is 3.56. The van der Waals surface area contributed by atoms with Gasteiger partial charge in [-0.15, -0.1) is 11.8 Å². The molecule has 1 heterocycles. The molecule has 16 heavy (non-hydrogen) atoms. The van der Waals surface area contributed by atoms with E-state index in [1.807, 2.05) is 17.0 Å².